The van der Waals surface area contributed by atoms with Crippen LogP contribution in [0.1, 0.15) is 57.8 Å². The minimum atomic E-state index is -0.871. The number of aliphatic hydroxyl groups is 1. The molecule has 108 valence electrons. The number of rotatable bonds is 4. The molecule has 0 aliphatic heterocycles. The van der Waals surface area contributed by atoms with E-state index in [1.54, 1.807) is 0 Å². The van der Waals surface area contributed by atoms with E-state index in [0.717, 1.165) is 38.5 Å². The van der Waals surface area contributed by atoms with Crippen LogP contribution in [-0.2, 0) is 9.59 Å². The number of aliphatic hydroxyl groups excluding tert-OH is 1. The van der Waals surface area contributed by atoms with Crippen molar-refractivity contribution in [2.24, 2.45) is 5.41 Å². The zero-order valence-electron chi connectivity index (χ0n) is 11.2. The van der Waals surface area contributed by atoms with Crippen molar-refractivity contribution in [2.45, 2.75) is 69.9 Å². The molecule has 2 aliphatic rings. The molecule has 2 aliphatic carbocycles. The van der Waals surface area contributed by atoms with Gasteiger partial charge in [0.25, 0.3) is 0 Å². The van der Waals surface area contributed by atoms with Gasteiger partial charge >= 0.3 is 5.97 Å². The summed E-state index contributed by atoms with van der Waals surface area (Å²) in [6, 6.07) is -0.200. The lowest BCUT2D eigenvalue weighted by Crippen LogP contribution is -2.47. The summed E-state index contributed by atoms with van der Waals surface area (Å²) in [5.74, 6) is -1.08. The molecule has 0 bridgehead atoms. The Morgan fingerprint density at radius 1 is 1.11 bits per heavy atom. The number of aliphatic carboxylic acids is 1. The van der Waals surface area contributed by atoms with E-state index in [-0.39, 0.29) is 18.4 Å². The summed E-state index contributed by atoms with van der Waals surface area (Å²) in [7, 11) is 0. The molecule has 2 atom stereocenters. The number of nitrogens with one attached hydrogen (secondary N) is 1. The Labute approximate surface area is 113 Å². The Kier molecular flexibility index (Phi) is 4.45. The van der Waals surface area contributed by atoms with Gasteiger partial charge in [-0.2, -0.15) is 0 Å². The Balaban J connectivity index is 1.91. The van der Waals surface area contributed by atoms with Crippen LogP contribution in [0.3, 0.4) is 0 Å². The van der Waals surface area contributed by atoms with Gasteiger partial charge in [-0.15, -0.1) is 0 Å². The van der Waals surface area contributed by atoms with Crippen molar-refractivity contribution in [3.63, 3.8) is 0 Å². The van der Waals surface area contributed by atoms with Gasteiger partial charge < -0.3 is 15.5 Å². The maximum Gasteiger partial charge on any atom is 0.310 e. The lowest BCUT2D eigenvalue weighted by atomic mass is 9.82. The summed E-state index contributed by atoms with van der Waals surface area (Å²) < 4.78 is 0. The second-order valence-corrected chi connectivity index (χ2v) is 6.00. The zero-order chi connectivity index (χ0) is 13.9. The average molecular weight is 269 g/mol. The fourth-order valence-corrected chi connectivity index (χ4v) is 3.36. The summed E-state index contributed by atoms with van der Waals surface area (Å²) in [6.07, 6.45) is 6.00. The van der Waals surface area contributed by atoms with E-state index in [9.17, 15) is 19.8 Å². The van der Waals surface area contributed by atoms with Gasteiger partial charge in [0.15, 0.2) is 0 Å². The van der Waals surface area contributed by atoms with Gasteiger partial charge in [0.1, 0.15) is 0 Å². The molecule has 0 aromatic rings. The van der Waals surface area contributed by atoms with E-state index in [4.69, 9.17) is 0 Å². The number of carbonyl (C=O) groups is 2. The topological polar surface area (TPSA) is 86.6 Å². The summed E-state index contributed by atoms with van der Waals surface area (Å²) in [5.41, 5.74) is -0.871. The molecule has 5 nitrogen and oxygen atoms in total. The number of carboxylic acids is 1. The third kappa shape index (κ3) is 3.26. The van der Waals surface area contributed by atoms with Gasteiger partial charge in [-0.05, 0) is 25.7 Å². The zero-order valence-corrected chi connectivity index (χ0v) is 11.2. The highest BCUT2D eigenvalue weighted by Gasteiger charge is 2.43. The number of carbonyl (C=O) groups excluding carboxylic acids is 1. The summed E-state index contributed by atoms with van der Waals surface area (Å²) in [6.45, 7) is 0. The van der Waals surface area contributed by atoms with E-state index in [2.05, 4.69) is 5.32 Å². The van der Waals surface area contributed by atoms with Gasteiger partial charge in [0.05, 0.1) is 17.6 Å². The van der Waals surface area contributed by atoms with E-state index in [1.807, 2.05) is 0 Å². The monoisotopic (exact) mass is 269 g/mol. The molecule has 2 saturated carbocycles. The Bertz CT molecular complexity index is 349. The SMILES string of the molecule is O=C(CC1(C(=O)O)CCCC1)N[C@H]1CCCC[C@@H]1O. The van der Waals surface area contributed by atoms with Crippen molar-refractivity contribution in [2.75, 3.05) is 0 Å². The maximum absolute atomic E-state index is 12.0. The van der Waals surface area contributed by atoms with Crippen LogP contribution in [0.5, 0.6) is 0 Å². The molecule has 1 amide bonds. The standard InChI is InChI=1S/C14H23NO4/c16-11-6-2-1-5-10(11)15-12(17)9-14(13(18)19)7-3-4-8-14/h10-11,16H,1-9H2,(H,15,17)(H,18,19)/t10-,11-/m0/s1. The predicted octanol–water partition coefficient (Wildman–Crippen LogP) is 1.44. The molecular formula is C14H23NO4. The van der Waals surface area contributed by atoms with Crippen LogP contribution in [-0.4, -0.2) is 34.2 Å². The van der Waals surface area contributed by atoms with Crippen molar-refractivity contribution >= 4 is 11.9 Å². The molecule has 0 radical (unpaired) electrons. The lowest BCUT2D eigenvalue weighted by molar-refractivity contribution is -0.151. The van der Waals surface area contributed by atoms with Crippen LogP contribution in [0.15, 0.2) is 0 Å². The van der Waals surface area contributed by atoms with Crippen LogP contribution in [0.2, 0.25) is 0 Å². The van der Waals surface area contributed by atoms with Gasteiger partial charge in [0, 0.05) is 6.42 Å². The minimum absolute atomic E-state index is 0.0472. The smallest absolute Gasteiger partial charge is 0.310 e. The van der Waals surface area contributed by atoms with Gasteiger partial charge in [0.2, 0.25) is 5.91 Å². The molecule has 5 heteroatoms. The average Bonchev–Trinajstić information content (AvgIpc) is 2.82. The van der Waals surface area contributed by atoms with Crippen molar-refractivity contribution in [1.82, 2.24) is 5.32 Å². The number of carboxylic acid groups (broad SMARTS) is 1. The van der Waals surface area contributed by atoms with Crippen molar-refractivity contribution < 1.29 is 19.8 Å². The Hall–Kier alpha value is -1.10. The third-order valence-corrected chi connectivity index (χ3v) is 4.59. The fraction of sp³-hybridized carbons (Fsp3) is 0.857. The molecule has 2 fully saturated rings. The van der Waals surface area contributed by atoms with E-state index >= 15 is 0 Å². The minimum Gasteiger partial charge on any atom is -0.481 e. The normalized spacial score (nSPS) is 29.9. The highest BCUT2D eigenvalue weighted by Crippen LogP contribution is 2.41. The van der Waals surface area contributed by atoms with Crippen LogP contribution in [0.4, 0.5) is 0 Å². The second kappa shape index (κ2) is 5.90. The van der Waals surface area contributed by atoms with Crippen LogP contribution in [0.25, 0.3) is 0 Å². The van der Waals surface area contributed by atoms with Gasteiger partial charge in [-0.3, -0.25) is 9.59 Å². The number of hydrogen-bond donors (Lipinski definition) is 3. The summed E-state index contributed by atoms with van der Waals surface area (Å²) in [5, 5.41) is 22.0. The molecule has 19 heavy (non-hydrogen) atoms. The number of amides is 1. The molecule has 0 saturated heterocycles. The Morgan fingerprint density at radius 3 is 2.32 bits per heavy atom. The molecule has 0 aromatic heterocycles. The quantitative estimate of drug-likeness (QED) is 0.720. The lowest BCUT2D eigenvalue weighted by Gasteiger charge is -2.30. The van der Waals surface area contributed by atoms with Gasteiger partial charge in [-0.25, -0.2) is 0 Å². The van der Waals surface area contributed by atoms with Gasteiger partial charge in [-0.1, -0.05) is 25.7 Å². The molecule has 2 rings (SSSR count). The highest BCUT2D eigenvalue weighted by molar-refractivity contribution is 5.85. The molecule has 0 unspecified atom stereocenters. The van der Waals surface area contributed by atoms with Crippen LogP contribution < -0.4 is 5.32 Å². The Morgan fingerprint density at radius 2 is 1.74 bits per heavy atom. The predicted molar refractivity (Wildman–Crippen MR) is 69.6 cm³/mol. The third-order valence-electron chi connectivity index (χ3n) is 4.59. The van der Waals surface area contributed by atoms with E-state index in [1.165, 1.54) is 0 Å². The first-order chi connectivity index (χ1) is 9.03. The van der Waals surface area contributed by atoms with Crippen LogP contribution >= 0.6 is 0 Å². The number of hydrogen-bond acceptors (Lipinski definition) is 3. The van der Waals surface area contributed by atoms with Crippen molar-refractivity contribution in [3.8, 4) is 0 Å². The highest BCUT2D eigenvalue weighted by atomic mass is 16.4. The first kappa shape index (κ1) is 14.3. The summed E-state index contributed by atoms with van der Waals surface area (Å²) >= 11 is 0. The van der Waals surface area contributed by atoms with Crippen molar-refractivity contribution in [3.05, 3.63) is 0 Å². The first-order valence-corrected chi connectivity index (χ1v) is 7.24. The van der Waals surface area contributed by atoms with Crippen molar-refractivity contribution in [1.29, 1.82) is 0 Å². The fourth-order valence-electron chi connectivity index (χ4n) is 3.36. The molecule has 0 aromatic carbocycles. The molecule has 3 N–H and O–H groups in total. The molecule has 0 heterocycles. The van der Waals surface area contributed by atoms with Crippen LogP contribution in [0, 0.1) is 5.41 Å². The largest absolute Gasteiger partial charge is 0.481 e. The molecule has 0 spiro atoms. The first-order valence-electron chi connectivity index (χ1n) is 7.24. The van der Waals surface area contributed by atoms with E-state index < -0.39 is 17.5 Å². The molecular weight excluding hydrogens is 246 g/mol. The maximum atomic E-state index is 12.0. The summed E-state index contributed by atoms with van der Waals surface area (Å²) in [4.78, 5) is 23.4. The van der Waals surface area contributed by atoms with E-state index in [0.29, 0.717) is 12.8 Å². The second-order valence-electron chi connectivity index (χ2n) is 6.00.